The predicted octanol–water partition coefficient (Wildman–Crippen LogP) is 26.1. The Balaban J connectivity index is 0.991. The van der Waals surface area contributed by atoms with E-state index < -0.39 is 13.4 Å². The molecule has 0 saturated heterocycles. The summed E-state index contributed by atoms with van der Waals surface area (Å²) in [5.74, 6) is 0. The first-order chi connectivity index (χ1) is 55.3. The molecule has 0 amide bonds. The Morgan fingerprint density at radius 3 is 0.750 bits per heavy atom. The molecule has 6 heterocycles. The molecule has 0 N–H and O–H groups in total. The zero-order valence-electron chi connectivity index (χ0n) is 70.4. The molecular formula is C106H102B2N6O2. The minimum atomic E-state index is -0.453. The van der Waals surface area contributed by atoms with Gasteiger partial charge in [-0.1, -0.05) is 264 Å². The Kier molecular flexibility index (Phi) is 17.0. The van der Waals surface area contributed by atoms with Crippen molar-refractivity contribution in [2.45, 2.75) is 157 Å². The Hall–Kier alpha value is -12.1. The van der Waals surface area contributed by atoms with Crippen LogP contribution in [-0.2, 0) is 32.5 Å². The van der Waals surface area contributed by atoms with Gasteiger partial charge < -0.3 is 38.2 Å². The smallest absolute Gasteiger partial charge is 0.297 e. The van der Waals surface area contributed by atoms with Crippen molar-refractivity contribution in [3.8, 4) is 0 Å². The summed E-state index contributed by atoms with van der Waals surface area (Å²) >= 11 is 0. The van der Waals surface area contributed by atoms with Crippen LogP contribution in [0.15, 0.2) is 300 Å². The zero-order valence-corrected chi connectivity index (χ0v) is 70.4. The van der Waals surface area contributed by atoms with Crippen molar-refractivity contribution in [1.82, 2.24) is 0 Å². The maximum Gasteiger partial charge on any atom is 0.297 e. The second kappa shape index (κ2) is 26.7. The predicted molar refractivity (Wildman–Crippen MR) is 496 cm³/mol. The van der Waals surface area contributed by atoms with E-state index in [1.807, 2.05) is 0 Å². The second-order valence-corrected chi connectivity index (χ2v) is 38.7. The molecule has 4 aliphatic rings. The average Bonchev–Trinajstić information content (AvgIpc) is 1.27. The van der Waals surface area contributed by atoms with Crippen LogP contribution in [-0.4, -0.2) is 13.4 Å². The van der Waals surface area contributed by atoms with Crippen LogP contribution in [0.1, 0.15) is 158 Å². The number of para-hydroxylation sites is 4. The molecule has 574 valence electrons. The molecule has 0 spiro atoms. The molecule has 4 aliphatic heterocycles. The molecule has 0 radical (unpaired) electrons. The van der Waals surface area contributed by atoms with E-state index in [9.17, 15) is 0 Å². The van der Waals surface area contributed by atoms with Gasteiger partial charge in [0.1, 0.15) is 11.2 Å². The summed E-state index contributed by atoms with van der Waals surface area (Å²) in [5.41, 5.74) is 33.5. The van der Waals surface area contributed by atoms with Gasteiger partial charge >= 0.3 is 0 Å². The summed E-state index contributed by atoms with van der Waals surface area (Å²) in [4.78, 5) is 15.2. The summed E-state index contributed by atoms with van der Waals surface area (Å²) in [5, 5.41) is 2.13. The quantitative estimate of drug-likeness (QED) is 0.126. The monoisotopic (exact) mass is 1510 g/mol. The Morgan fingerprint density at radius 2 is 0.483 bits per heavy atom. The number of hydrogen-bond acceptors (Lipinski definition) is 8. The van der Waals surface area contributed by atoms with Gasteiger partial charge in [0.25, 0.3) is 13.4 Å². The number of benzene rings is 13. The SMILES string of the molecule is CC(C)(C)c1ccc(N2c3cc4c(cc3B3c5oc6ccc(C(C)(C)C)cc6c5N(c5ccc(C(C)(C)C)cc5)c5cc(N(c6ccccc6)c6ccccc6)cc2c53)B2c3oc5ccc(C(C)(C)C)cc5c3N(c3ccc(C(C)(C)C)cc3)c3cc(N(c5ccccc5)c5ccccc5)cc(c32)N4c2ccc(C(C)(C)C)cc2)cc1. The van der Waals surface area contributed by atoms with Crippen LogP contribution in [0.4, 0.5) is 102 Å². The lowest BCUT2D eigenvalue weighted by Crippen LogP contribution is -2.65. The number of hydrogen-bond donors (Lipinski definition) is 0. The molecule has 0 saturated carbocycles. The molecule has 0 atom stereocenters. The number of furan rings is 2. The summed E-state index contributed by atoms with van der Waals surface area (Å²) in [6, 6.07) is 110. The topological polar surface area (TPSA) is 45.7 Å². The lowest BCUT2D eigenvalue weighted by atomic mass is 9.32. The molecular weight excluding hydrogens is 1410 g/mol. The van der Waals surface area contributed by atoms with Crippen LogP contribution in [0.25, 0.3) is 21.9 Å². The van der Waals surface area contributed by atoms with Crippen molar-refractivity contribution in [2.75, 3.05) is 29.4 Å². The minimum Gasteiger partial charge on any atom is -0.468 e. The molecule has 15 aromatic rings. The van der Waals surface area contributed by atoms with Gasteiger partial charge in [0.15, 0.2) is 0 Å². The van der Waals surface area contributed by atoms with Crippen molar-refractivity contribution in [1.29, 1.82) is 0 Å². The Labute approximate surface area is 686 Å². The highest BCUT2D eigenvalue weighted by molar-refractivity contribution is 7.02. The molecule has 0 aliphatic carbocycles. The molecule has 2 aromatic heterocycles. The fourth-order valence-corrected chi connectivity index (χ4v) is 18.4. The first kappa shape index (κ1) is 74.0. The van der Waals surface area contributed by atoms with E-state index in [1.165, 1.54) is 33.4 Å². The van der Waals surface area contributed by atoms with Crippen LogP contribution < -0.4 is 62.6 Å². The molecule has 8 nitrogen and oxygen atoms in total. The van der Waals surface area contributed by atoms with Gasteiger partial charge in [0.2, 0.25) is 0 Å². The molecule has 116 heavy (non-hydrogen) atoms. The van der Waals surface area contributed by atoms with Gasteiger partial charge in [-0.2, -0.15) is 0 Å². The molecule has 0 bridgehead atoms. The van der Waals surface area contributed by atoms with Crippen molar-refractivity contribution < 1.29 is 8.83 Å². The van der Waals surface area contributed by atoms with Gasteiger partial charge in [-0.25, -0.2) is 0 Å². The summed E-state index contributed by atoms with van der Waals surface area (Å²) in [6.07, 6.45) is 0. The third kappa shape index (κ3) is 12.3. The average molecular weight is 1510 g/mol. The fraction of sp³-hybridized carbons (Fsp3) is 0.226. The van der Waals surface area contributed by atoms with Gasteiger partial charge in [-0.3, -0.25) is 0 Å². The third-order valence-corrected chi connectivity index (χ3v) is 24.7. The molecule has 0 unspecified atom stereocenters. The van der Waals surface area contributed by atoms with Crippen LogP contribution in [0.2, 0.25) is 0 Å². The van der Waals surface area contributed by atoms with Gasteiger partial charge in [-0.05, 0) is 239 Å². The van der Waals surface area contributed by atoms with Crippen molar-refractivity contribution in [3.05, 3.63) is 325 Å². The third-order valence-electron chi connectivity index (χ3n) is 24.7. The molecule has 13 aromatic carbocycles. The molecule has 0 fully saturated rings. The Morgan fingerprint density at radius 1 is 0.233 bits per heavy atom. The highest BCUT2D eigenvalue weighted by Gasteiger charge is 2.53. The van der Waals surface area contributed by atoms with Crippen molar-refractivity contribution in [3.63, 3.8) is 0 Å². The molecule has 19 rings (SSSR count). The van der Waals surface area contributed by atoms with Crippen LogP contribution in [0.3, 0.4) is 0 Å². The summed E-state index contributed by atoms with van der Waals surface area (Å²) in [7, 11) is 0. The zero-order chi connectivity index (χ0) is 80.6. The van der Waals surface area contributed by atoms with Gasteiger partial charge in [0.05, 0.1) is 34.1 Å². The maximum absolute atomic E-state index is 7.94. The minimum absolute atomic E-state index is 0.0933. The summed E-state index contributed by atoms with van der Waals surface area (Å²) in [6.45, 7) is 40.7. The lowest BCUT2D eigenvalue weighted by Gasteiger charge is -2.46. The van der Waals surface area contributed by atoms with E-state index in [4.69, 9.17) is 8.83 Å². The number of fused-ring (bicyclic) bond motifs is 12. The van der Waals surface area contributed by atoms with Crippen LogP contribution in [0.5, 0.6) is 0 Å². The normalized spacial score (nSPS) is 13.8. The van der Waals surface area contributed by atoms with E-state index in [1.54, 1.807) is 0 Å². The number of rotatable bonds is 10. The van der Waals surface area contributed by atoms with Crippen LogP contribution in [0, 0.1) is 0 Å². The van der Waals surface area contributed by atoms with E-state index in [-0.39, 0.29) is 32.5 Å². The highest BCUT2D eigenvalue weighted by atomic mass is 16.3. The first-order valence-electron chi connectivity index (χ1n) is 41.4. The largest absolute Gasteiger partial charge is 0.468 e. The maximum atomic E-state index is 7.94. The molecule has 10 heteroatoms. The van der Waals surface area contributed by atoms with E-state index >= 15 is 0 Å². The van der Waals surface area contributed by atoms with E-state index in [2.05, 4.69) is 445 Å². The number of nitrogens with zero attached hydrogens (tertiary/aromatic N) is 6. The number of anilines is 18. The van der Waals surface area contributed by atoms with Crippen LogP contribution >= 0.6 is 0 Å². The van der Waals surface area contributed by atoms with E-state index in [0.717, 1.165) is 157 Å². The second-order valence-electron chi connectivity index (χ2n) is 38.7. The van der Waals surface area contributed by atoms with Gasteiger partial charge in [-0.15, -0.1) is 0 Å². The summed E-state index contributed by atoms with van der Waals surface area (Å²) < 4.78 is 15.9. The Bertz CT molecular complexity index is 5870. The lowest BCUT2D eigenvalue weighted by molar-refractivity contribution is 0.590. The first-order valence-corrected chi connectivity index (χ1v) is 41.4. The van der Waals surface area contributed by atoms with Crippen molar-refractivity contribution in [2.24, 2.45) is 0 Å². The van der Waals surface area contributed by atoms with Gasteiger partial charge in [0, 0.05) is 90.4 Å². The standard InChI is InChI=1S/C106H102B2N6O2/c1-101(2,3)67-39-49-77(50-40-67)111-87-66-88-86(65-85(87)107-95-89(111)61-81(109(73-31-23-19-24-32-73)74-33-25-20-26-34-74)63-91(95)113(79-53-43-69(44-54-79)103(7,8)9)97-83-59-71(105(13,14)15)47-57-93(83)115-99(97)107)108-96-90(112(88)78-51-41-68(42-52-78)102(4,5)6)62-82(110(75-35-27-21-28-36-75)76-37-29-22-30-38-76)64-92(96)114(80-55-45-70(46-56-80)104(10,11)12)98-84-60-72(106(16,17)18)48-58-94(84)116-100(98)108/h19-66H,1-18H3. The van der Waals surface area contributed by atoms with E-state index in [0.29, 0.717) is 0 Å². The fourth-order valence-electron chi connectivity index (χ4n) is 18.4. The van der Waals surface area contributed by atoms with Crippen molar-refractivity contribution >= 4 is 171 Å². The highest BCUT2D eigenvalue weighted by Crippen LogP contribution is 2.55.